The molecule has 0 bridgehead atoms. The van der Waals surface area contributed by atoms with Crippen molar-refractivity contribution in [2.75, 3.05) is 19.8 Å². The van der Waals surface area contributed by atoms with Crippen molar-refractivity contribution < 1.29 is 4.42 Å². The third-order valence-electron chi connectivity index (χ3n) is 2.52. The normalized spacial score (nSPS) is 10.7. The van der Waals surface area contributed by atoms with Gasteiger partial charge in [-0.05, 0) is 25.4 Å². The van der Waals surface area contributed by atoms with Crippen molar-refractivity contribution in [1.82, 2.24) is 10.3 Å². The van der Waals surface area contributed by atoms with E-state index in [9.17, 15) is 0 Å². The Morgan fingerprint density at radius 3 is 2.71 bits per heavy atom. The minimum Gasteiger partial charge on any atom is -0.441 e. The lowest BCUT2D eigenvalue weighted by Crippen LogP contribution is -2.10. The zero-order valence-corrected chi connectivity index (χ0v) is 10.9. The molecule has 17 heavy (non-hydrogen) atoms. The second-order valence-electron chi connectivity index (χ2n) is 3.70. The Bertz CT molecular complexity index is 465. The van der Waals surface area contributed by atoms with Crippen LogP contribution in [0.2, 0.25) is 0 Å². The molecule has 0 atom stereocenters. The van der Waals surface area contributed by atoms with Crippen LogP contribution < -0.4 is 5.32 Å². The van der Waals surface area contributed by atoms with Crippen LogP contribution in [0.5, 0.6) is 0 Å². The fourth-order valence-corrected chi connectivity index (χ4v) is 1.95. The summed E-state index contributed by atoms with van der Waals surface area (Å²) in [6, 6.07) is 8.31. The average Bonchev–Trinajstić information content (AvgIpc) is 2.85. The number of nitrogens with zero attached hydrogens (tertiary/aromatic N) is 1. The molecule has 0 radical (unpaired) electrons. The molecule has 0 amide bonds. The van der Waals surface area contributed by atoms with E-state index in [1.807, 2.05) is 7.05 Å². The topological polar surface area (TPSA) is 38.1 Å². The first-order chi connectivity index (χ1) is 8.33. The second kappa shape index (κ2) is 5.89. The van der Waals surface area contributed by atoms with E-state index in [0.29, 0.717) is 0 Å². The molecule has 1 N–H and O–H groups in total. The fourth-order valence-electron chi connectivity index (χ4n) is 1.55. The van der Waals surface area contributed by atoms with E-state index in [2.05, 4.69) is 40.8 Å². The smallest absolute Gasteiger partial charge is 0.196 e. The maximum Gasteiger partial charge on any atom is 0.196 e. The first-order valence-electron chi connectivity index (χ1n) is 5.57. The summed E-state index contributed by atoms with van der Waals surface area (Å²) >= 11 is 1.73. The summed E-state index contributed by atoms with van der Waals surface area (Å²) in [7, 11) is 1.92. The molecule has 4 heteroatoms. The Morgan fingerprint density at radius 1 is 1.29 bits per heavy atom. The van der Waals surface area contributed by atoms with E-state index >= 15 is 0 Å². The molecule has 0 saturated heterocycles. The van der Waals surface area contributed by atoms with Gasteiger partial charge in [-0.2, -0.15) is 0 Å². The van der Waals surface area contributed by atoms with Crippen LogP contribution >= 0.6 is 11.8 Å². The molecule has 0 spiro atoms. The van der Waals surface area contributed by atoms with Gasteiger partial charge < -0.3 is 9.73 Å². The van der Waals surface area contributed by atoms with Crippen LogP contribution in [0.4, 0.5) is 0 Å². The van der Waals surface area contributed by atoms with Crippen molar-refractivity contribution in [3.63, 3.8) is 0 Å². The molecule has 1 heterocycles. The molecule has 2 aromatic rings. The van der Waals surface area contributed by atoms with Crippen LogP contribution in [0.1, 0.15) is 5.89 Å². The van der Waals surface area contributed by atoms with Crippen molar-refractivity contribution in [1.29, 1.82) is 0 Å². The summed E-state index contributed by atoms with van der Waals surface area (Å²) in [5, 5.41) is 3.08. The van der Waals surface area contributed by atoms with E-state index in [1.165, 1.54) is 4.90 Å². The quantitative estimate of drug-likeness (QED) is 0.826. The Labute approximate surface area is 106 Å². The summed E-state index contributed by atoms with van der Waals surface area (Å²) in [6.07, 6.45) is 4.68. The molecule has 0 unspecified atom stereocenters. The van der Waals surface area contributed by atoms with Gasteiger partial charge in [0, 0.05) is 23.4 Å². The van der Waals surface area contributed by atoms with E-state index in [1.54, 1.807) is 18.0 Å². The highest BCUT2D eigenvalue weighted by Crippen LogP contribution is 2.23. The van der Waals surface area contributed by atoms with E-state index < -0.39 is 0 Å². The minimum atomic E-state index is 0.781. The van der Waals surface area contributed by atoms with Crippen molar-refractivity contribution >= 4 is 11.8 Å². The summed E-state index contributed by atoms with van der Waals surface area (Å²) in [5.74, 6) is 1.62. The van der Waals surface area contributed by atoms with Gasteiger partial charge in [0.25, 0.3) is 0 Å². The third-order valence-corrected chi connectivity index (χ3v) is 3.26. The molecule has 1 aromatic carbocycles. The molecular weight excluding hydrogens is 232 g/mol. The number of hydrogen-bond donors (Lipinski definition) is 1. The first-order valence-corrected chi connectivity index (χ1v) is 6.79. The van der Waals surface area contributed by atoms with Gasteiger partial charge >= 0.3 is 0 Å². The highest BCUT2D eigenvalue weighted by Gasteiger charge is 2.05. The summed E-state index contributed by atoms with van der Waals surface area (Å²) < 4.78 is 5.69. The van der Waals surface area contributed by atoms with Gasteiger partial charge in [0.15, 0.2) is 11.7 Å². The van der Waals surface area contributed by atoms with Crippen molar-refractivity contribution in [2.24, 2.45) is 0 Å². The Balaban J connectivity index is 2.12. The van der Waals surface area contributed by atoms with Crippen LogP contribution in [0.3, 0.4) is 0 Å². The van der Waals surface area contributed by atoms with Gasteiger partial charge in [-0.1, -0.05) is 12.1 Å². The maximum absolute atomic E-state index is 5.69. The van der Waals surface area contributed by atoms with E-state index in [4.69, 9.17) is 4.42 Å². The molecule has 0 aliphatic heterocycles. The van der Waals surface area contributed by atoms with E-state index in [0.717, 1.165) is 30.2 Å². The first kappa shape index (κ1) is 12.2. The molecular formula is C13H16N2OS. The minimum absolute atomic E-state index is 0.781. The maximum atomic E-state index is 5.69. The lowest BCUT2D eigenvalue weighted by atomic mass is 10.2. The number of thioether (sulfide) groups is 1. The van der Waals surface area contributed by atoms with E-state index in [-0.39, 0.29) is 0 Å². The average molecular weight is 248 g/mol. The lowest BCUT2D eigenvalue weighted by molar-refractivity contribution is 0.500. The molecule has 0 saturated carbocycles. The molecule has 1 aromatic heterocycles. The zero-order chi connectivity index (χ0) is 12.1. The van der Waals surface area contributed by atoms with Crippen LogP contribution in [0, 0.1) is 0 Å². The molecule has 2 rings (SSSR count). The number of oxazole rings is 1. The molecule has 0 aliphatic rings. The predicted molar refractivity (Wildman–Crippen MR) is 71.4 cm³/mol. The molecule has 0 fully saturated rings. The second-order valence-corrected chi connectivity index (χ2v) is 4.58. The molecule has 3 nitrogen and oxygen atoms in total. The van der Waals surface area contributed by atoms with Gasteiger partial charge in [-0.25, -0.2) is 4.98 Å². The lowest BCUT2D eigenvalue weighted by Gasteiger charge is -1.98. The zero-order valence-electron chi connectivity index (χ0n) is 10.1. The summed E-state index contributed by atoms with van der Waals surface area (Å²) in [6.45, 7) is 0.880. The molecule has 90 valence electrons. The monoisotopic (exact) mass is 248 g/mol. The summed E-state index contributed by atoms with van der Waals surface area (Å²) in [5.41, 5.74) is 1.08. The van der Waals surface area contributed by atoms with Crippen molar-refractivity contribution in [2.45, 2.75) is 11.3 Å². The van der Waals surface area contributed by atoms with Gasteiger partial charge in [-0.3, -0.25) is 0 Å². The predicted octanol–water partition coefficient (Wildman–Crippen LogP) is 2.83. The number of hydrogen-bond acceptors (Lipinski definition) is 4. The van der Waals surface area contributed by atoms with Gasteiger partial charge in [-0.15, -0.1) is 11.8 Å². The van der Waals surface area contributed by atoms with Crippen molar-refractivity contribution in [3.05, 3.63) is 36.4 Å². The van der Waals surface area contributed by atoms with Gasteiger partial charge in [0.05, 0.1) is 6.20 Å². The number of likely N-dealkylation sites (N-methyl/N-ethyl adjacent to an activating group) is 1. The Morgan fingerprint density at radius 2 is 2.06 bits per heavy atom. The van der Waals surface area contributed by atoms with Crippen LogP contribution in [-0.2, 0) is 6.42 Å². The summed E-state index contributed by atoms with van der Waals surface area (Å²) in [4.78, 5) is 5.51. The van der Waals surface area contributed by atoms with Crippen molar-refractivity contribution in [3.8, 4) is 11.3 Å². The fraction of sp³-hybridized carbons (Fsp3) is 0.308. The standard InChI is InChI=1S/C13H16N2OS/c1-14-8-7-13-15-9-12(16-13)10-3-5-11(17-2)6-4-10/h3-6,9,14H,7-8H2,1-2H3. The Hall–Kier alpha value is -1.26. The largest absolute Gasteiger partial charge is 0.441 e. The Kier molecular flexibility index (Phi) is 4.23. The third kappa shape index (κ3) is 3.11. The SMILES string of the molecule is CNCCc1ncc(-c2ccc(SC)cc2)o1. The van der Waals surface area contributed by atoms with Crippen LogP contribution in [0.15, 0.2) is 39.8 Å². The van der Waals surface area contributed by atoms with Gasteiger partial charge in [0.2, 0.25) is 0 Å². The number of benzene rings is 1. The highest BCUT2D eigenvalue weighted by molar-refractivity contribution is 7.98. The number of aromatic nitrogens is 1. The number of rotatable bonds is 5. The highest BCUT2D eigenvalue weighted by atomic mass is 32.2. The van der Waals surface area contributed by atoms with Crippen LogP contribution in [0.25, 0.3) is 11.3 Å². The molecule has 0 aliphatic carbocycles. The number of nitrogens with one attached hydrogen (secondary N) is 1. The van der Waals surface area contributed by atoms with Gasteiger partial charge in [0.1, 0.15) is 0 Å². The van der Waals surface area contributed by atoms with Crippen LogP contribution in [-0.4, -0.2) is 24.8 Å².